The molecule has 0 bridgehead atoms. The molecule has 2 aromatic carbocycles. The molecule has 0 aliphatic rings. The molecule has 94 valence electrons. The van der Waals surface area contributed by atoms with Gasteiger partial charge in [0.05, 0.1) is 17.4 Å². The SMILES string of the molecule is ClCc1ccc(Nc2cnnc3ccccc23)cc1. The second kappa shape index (κ2) is 5.24. The number of alkyl halides is 1. The molecule has 0 spiro atoms. The molecule has 0 aliphatic heterocycles. The van der Waals surface area contributed by atoms with E-state index in [0.29, 0.717) is 5.88 Å². The van der Waals surface area contributed by atoms with Gasteiger partial charge in [-0.25, -0.2) is 0 Å². The van der Waals surface area contributed by atoms with Gasteiger partial charge in [0.15, 0.2) is 0 Å². The van der Waals surface area contributed by atoms with Crippen molar-refractivity contribution in [2.75, 3.05) is 5.32 Å². The van der Waals surface area contributed by atoms with Crippen LogP contribution in [0.15, 0.2) is 54.7 Å². The van der Waals surface area contributed by atoms with Crippen molar-refractivity contribution >= 4 is 33.9 Å². The number of hydrogen-bond acceptors (Lipinski definition) is 3. The van der Waals surface area contributed by atoms with Gasteiger partial charge in [0, 0.05) is 17.0 Å². The lowest BCUT2D eigenvalue weighted by Gasteiger charge is -2.08. The smallest absolute Gasteiger partial charge is 0.0950 e. The molecule has 0 radical (unpaired) electrons. The number of fused-ring (bicyclic) bond motifs is 1. The third-order valence-corrected chi connectivity index (χ3v) is 3.24. The number of nitrogens with zero attached hydrogens (tertiary/aromatic N) is 2. The lowest BCUT2D eigenvalue weighted by molar-refractivity contribution is 1.08. The molecule has 0 saturated carbocycles. The molecule has 1 aromatic heterocycles. The van der Waals surface area contributed by atoms with Crippen LogP contribution in [-0.2, 0) is 5.88 Å². The lowest BCUT2D eigenvalue weighted by Crippen LogP contribution is -1.94. The van der Waals surface area contributed by atoms with Crippen LogP contribution in [0.5, 0.6) is 0 Å². The van der Waals surface area contributed by atoms with Crippen molar-refractivity contribution in [3.8, 4) is 0 Å². The van der Waals surface area contributed by atoms with Gasteiger partial charge in [-0.1, -0.05) is 30.3 Å². The Balaban J connectivity index is 1.96. The Labute approximate surface area is 116 Å². The number of hydrogen-bond donors (Lipinski definition) is 1. The minimum absolute atomic E-state index is 0.528. The minimum Gasteiger partial charge on any atom is -0.354 e. The van der Waals surface area contributed by atoms with Crippen molar-refractivity contribution in [3.05, 3.63) is 60.3 Å². The third-order valence-electron chi connectivity index (χ3n) is 2.93. The standard InChI is InChI=1S/C15H12ClN3/c16-9-11-5-7-12(8-6-11)18-15-10-17-19-14-4-2-1-3-13(14)15/h1-8,10H,9H2,(H,18,19). The van der Waals surface area contributed by atoms with E-state index in [4.69, 9.17) is 11.6 Å². The lowest BCUT2D eigenvalue weighted by atomic mass is 10.2. The Morgan fingerprint density at radius 3 is 2.58 bits per heavy atom. The van der Waals surface area contributed by atoms with Gasteiger partial charge in [0.25, 0.3) is 0 Å². The zero-order valence-electron chi connectivity index (χ0n) is 10.2. The van der Waals surface area contributed by atoms with E-state index >= 15 is 0 Å². The van der Waals surface area contributed by atoms with E-state index in [1.807, 2.05) is 48.5 Å². The maximum absolute atomic E-state index is 5.78. The van der Waals surface area contributed by atoms with Crippen LogP contribution >= 0.6 is 11.6 Å². The summed E-state index contributed by atoms with van der Waals surface area (Å²) in [6, 6.07) is 15.9. The fraction of sp³-hybridized carbons (Fsp3) is 0.0667. The van der Waals surface area contributed by atoms with Gasteiger partial charge in [-0.05, 0) is 23.8 Å². The van der Waals surface area contributed by atoms with E-state index < -0.39 is 0 Å². The van der Waals surface area contributed by atoms with Gasteiger partial charge in [0.2, 0.25) is 0 Å². The van der Waals surface area contributed by atoms with Gasteiger partial charge in [-0.2, -0.15) is 10.2 Å². The summed E-state index contributed by atoms with van der Waals surface area (Å²) in [5.74, 6) is 0.528. The molecule has 1 N–H and O–H groups in total. The van der Waals surface area contributed by atoms with Crippen LogP contribution in [0, 0.1) is 0 Å². The molecule has 19 heavy (non-hydrogen) atoms. The largest absolute Gasteiger partial charge is 0.354 e. The van der Waals surface area contributed by atoms with Crippen LogP contribution in [-0.4, -0.2) is 10.2 Å². The highest BCUT2D eigenvalue weighted by Gasteiger charge is 2.02. The average molecular weight is 270 g/mol. The van der Waals surface area contributed by atoms with Crippen molar-refractivity contribution in [3.63, 3.8) is 0 Å². The van der Waals surface area contributed by atoms with Crippen LogP contribution in [0.3, 0.4) is 0 Å². The molecule has 0 saturated heterocycles. The summed E-state index contributed by atoms with van der Waals surface area (Å²) in [6.45, 7) is 0. The number of nitrogens with one attached hydrogen (secondary N) is 1. The molecule has 0 fully saturated rings. The molecular weight excluding hydrogens is 258 g/mol. The molecule has 1 heterocycles. The number of rotatable bonds is 3. The maximum Gasteiger partial charge on any atom is 0.0950 e. The molecule has 3 rings (SSSR count). The summed E-state index contributed by atoms with van der Waals surface area (Å²) in [6.07, 6.45) is 1.73. The average Bonchev–Trinajstić information content (AvgIpc) is 2.48. The van der Waals surface area contributed by atoms with Crippen LogP contribution in [0.2, 0.25) is 0 Å². The van der Waals surface area contributed by atoms with Crippen LogP contribution in [0.1, 0.15) is 5.56 Å². The van der Waals surface area contributed by atoms with E-state index in [0.717, 1.165) is 27.8 Å². The summed E-state index contributed by atoms with van der Waals surface area (Å²) >= 11 is 5.78. The number of halogens is 1. The first-order valence-corrected chi connectivity index (χ1v) is 6.52. The normalized spacial score (nSPS) is 10.6. The fourth-order valence-corrected chi connectivity index (χ4v) is 2.12. The van der Waals surface area contributed by atoms with E-state index in [-0.39, 0.29) is 0 Å². The second-order valence-electron chi connectivity index (χ2n) is 4.23. The van der Waals surface area contributed by atoms with Crippen LogP contribution in [0.4, 0.5) is 11.4 Å². The van der Waals surface area contributed by atoms with E-state index in [9.17, 15) is 0 Å². The number of benzene rings is 2. The van der Waals surface area contributed by atoms with Crippen LogP contribution in [0.25, 0.3) is 10.9 Å². The molecule has 3 nitrogen and oxygen atoms in total. The maximum atomic E-state index is 5.78. The molecule has 0 atom stereocenters. The first-order valence-electron chi connectivity index (χ1n) is 5.99. The topological polar surface area (TPSA) is 37.8 Å². The summed E-state index contributed by atoms with van der Waals surface area (Å²) in [5.41, 5.74) is 3.94. The molecule has 0 unspecified atom stereocenters. The summed E-state index contributed by atoms with van der Waals surface area (Å²) in [5, 5.41) is 12.5. The first kappa shape index (κ1) is 11.9. The molecule has 0 aliphatic carbocycles. The van der Waals surface area contributed by atoms with Gasteiger partial charge in [-0.3, -0.25) is 0 Å². The molecule has 3 aromatic rings. The van der Waals surface area contributed by atoms with Gasteiger partial charge in [0.1, 0.15) is 0 Å². The Hall–Kier alpha value is -2.13. The highest BCUT2D eigenvalue weighted by atomic mass is 35.5. The van der Waals surface area contributed by atoms with Gasteiger partial charge >= 0.3 is 0 Å². The molecular formula is C15H12ClN3. The Bertz CT molecular complexity index is 690. The van der Waals surface area contributed by atoms with Crippen molar-refractivity contribution in [2.24, 2.45) is 0 Å². The zero-order valence-corrected chi connectivity index (χ0v) is 10.9. The highest BCUT2D eigenvalue weighted by molar-refractivity contribution is 6.17. The van der Waals surface area contributed by atoms with Crippen LogP contribution < -0.4 is 5.32 Å². The predicted molar refractivity (Wildman–Crippen MR) is 78.8 cm³/mol. The number of aromatic nitrogens is 2. The molecule has 0 amide bonds. The van der Waals surface area contributed by atoms with Crippen molar-refractivity contribution in [1.29, 1.82) is 0 Å². The van der Waals surface area contributed by atoms with E-state index in [1.165, 1.54) is 0 Å². The summed E-state index contributed by atoms with van der Waals surface area (Å²) < 4.78 is 0. The zero-order chi connectivity index (χ0) is 13.1. The van der Waals surface area contributed by atoms with Crippen molar-refractivity contribution in [1.82, 2.24) is 10.2 Å². The van der Waals surface area contributed by atoms with E-state index in [1.54, 1.807) is 6.20 Å². The monoisotopic (exact) mass is 269 g/mol. The second-order valence-corrected chi connectivity index (χ2v) is 4.50. The van der Waals surface area contributed by atoms with Crippen molar-refractivity contribution in [2.45, 2.75) is 5.88 Å². The summed E-state index contributed by atoms with van der Waals surface area (Å²) in [4.78, 5) is 0. The number of anilines is 2. The van der Waals surface area contributed by atoms with Crippen molar-refractivity contribution < 1.29 is 0 Å². The third kappa shape index (κ3) is 2.51. The van der Waals surface area contributed by atoms with Gasteiger partial charge < -0.3 is 5.32 Å². The minimum atomic E-state index is 0.528. The van der Waals surface area contributed by atoms with Gasteiger partial charge in [-0.15, -0.1) is 11.6 Å². The predicted octanol–water partition coefficient (Wildman–Crippen LogP) is 4.11. The highest BCUT2D eigenvalue weighted by Crippen LogP contribution is 2.24. The molecule has 4 heteroatoms. The quantitative estimate of drug-likeness (QED) is 0.727. The fourth-order valence-electron chi connectivity index (χ4n) is 1.94. The van der Waals surface area contributed by atoms with E-state index in [2.05, 4.69) is 15.5 Å². The Morgan fingerprint density at radius 1 is 1.00 bits per heavy atom. The Kier molecular flexibility index (Phi) is 3.29. The first-order chi connectivity index (χ1) is 9.36. The summed E-state index contributed by atoms with van der Waals surface area (Å²) in [7, 11) is 0. The Morgan fingerprint density at radius 2 is 1.79 bits per heavy atom.